The minimum absolute atomic E-state index is 0.382. The molecular formula is C27H25BClFN2O3S. The van der Waals surface area contributed by atoms with E-state index in [1.165, 1.54) is 10.9 Å². The summed E-state index contributed by atoms with van der Waals surface area (Å²) in [5.41, 5.74) is 2.78. The van der Waals surface area contributed by atoms with Gasteiger partial charge in [0.25, 0.3) is 0 Å². The fourth-order valence-corrected chi connectivity index (χ4v) is 6.72. The van der Waals surface area contributed by atoms with Crippen LogP contribution >= 0.6 is 22.9 Å². The minimum atomic E-state index is -0.688. The van der Waals surface area contributed by atoms with Crippen LogP contribution in [-0.2, 0) is 22.2 Å². The molecule has 36 heavy (non-hydrogen) atoms. The first-order chi connectivity index (χ1) is 17.1. The van der Waals surface area contributed by atoms with Crippen molar-refractivity contribution in [3.8, 4) is 17.0 Å². The lowest BCUT2D eigenvalue weighted by Gasteiger charge is -2.32. The summed E-state index contributed by atoms with van der Waals surface area (Å²) in [5, 5.41) is 2.44. The van der Waals surface area contributed by atoms with Crippen LogP contribution in [0.1, 0.15) is 55.9 Å². The lowest BCUT2D eigenvalue weighted by Crippen LogP contribution is -2.41. The normalized spacial score (nSPS) is 21.4. The molecule has 2 aromatic carbocycles. The first kappa shape index (κ1) is 22.8. The predicted octanol–water partition coefficient (Wildman–Crippen LogP) is 6.28. The van der Waals surface area contributed by atoms with Gasteiger partial charge in [-0.05, 0) is 88.8 Å². The second-order valence-electron chi connectivity index (χ2n) is 10.8. The lowest BCUT2D eigenvalue weighted by atomic mass is 9.78. The van der Waals surface area contributed by atoms with E-state index >= 15 is 4.39 Å². The topological polar surface area (TPSA) is 45.5 Å². The van der Waals surface area contributed by atoms with Crippen LogP contribution in [0.25, 0.3) is 22.2 Å². The van der Waals surface area contributed by atoms with Gasteiger partial charge in [-0.1, -0.05) is 11.6 Å². The van der Waals surface area contributed by atoms with Gasteiger partial charge < -0.3 is 14.0 Å². The Balaban J connectivity index is 1.40. The maximum absolute atomic E-state index is 15.9. The molecule has 2 aliphatic heterocycles. The molecule has 0 saturated carbocycles. The molecule has 0 amide bonds. The number of nitrogens with zero attached hydrogens (tertiary/aromatic N) is 2. The monoisotopic (exact) mass is 522 g/mol. The Bertz CT molecular complexity index is 1520. The molecular weight excluding hydrogens is 498 g/mol. The number of thiazole rings is 1. The van der Waals surface area contributed by atoms with Crippen LogP contribution in [0, 0.1) is 5.82 Å². The highest BCUT2D eigenvalue weighted by atomic mass is 35.5. The molecule has 0 bridgehead atoms. The van der Waals surface area contributed by atoms with Gasteiger partial charge in [0.05, 0.1) is 33.7 Å². The summed E-state index contributed by atoms with van der Waals surface area (Å²) in [6.45, 7) is 7.94. The van der Waals surface area contributed by atoms with Crippen molar-refractivity contribution in [2.24, 2.45) is 0 Å². The summed E-state index contributed by atoms with van der Waals surface area (Å²) in [5.74, 6) is 0.0777. The second kappa shape index (κ2) is 7.57. The van der Waals surface area contributed by atoms with E-state index in [-0.39, 0.29) is 5.82 Å². The van der Waals surface area contributed by atoms with Crippen molar-refractivity contribution in [3.63, 3.8) is 0 Å². The number of aromatic nitrogens is 2. The van der Waals surface area contributed by atoms with Crippen LogP contribution in [0.4, 0.5) is 4.39 Å². The molecule has 1 saturated heterocycles. The Morgan fingerprint density at radius 3 is 2.61 bits per heavy atom. The number of aryl methyl sites for hydroxylation is 2. The lowest BCUT2D eigenvalue weighted by molar-refractivity contribution is 0.00578. The number of rotatable bonds is 2. The molecule has 5 nitrogen and oxygen atoms in total. The molecule has 0 radical (unpaired) electrons. The van der Waals surface area contributed by atoms with Gasteiger partial charge in [0, 0.05) is 15.3 Å². The molecule has 1 unspecified atom stereocenters. The van der Waals surface area contributed by atoms with Gasteiger partial charge in [0.1, 0.15) is 11.6 Å². The maximum atomic E-state index is 15.9. The van der Waals surface area contributed by atoms with Gasteiger partial charge >= 0.3 is 7.12 Å². The van der Waals surface area contributed by atoms with Crippen molar-refractivity contribution in [2.45, 2.75) is 64.4 Å². The van der Waals surface area contributed by atoms with Crippen LogP contribution < -0.4 is 10.2 Å². The number of halogens is 2. The molecule has 3 aliphatic rings. The van der Waals surface area contributed by atoms with Gasteiger partial charge in [0.2, 0.25) is 6.23 Å². The average molecular weight is 523 g/mol. The second-order valence-corrected chi connectivity index (χ2v) is 12.4. The van der Waals surface area contributed by atoms with Gasteiger partial charge in [-0.15, -0.1) is 11.3 Å². The van der Waals surface area contributed by atoms with Gasteiger partial charge in [-0.25, -0.2) is 9.37 Å². The standard InChI is InChI=1S/C27H25BClFN2O3S/c1-26(2)27(3,4)35-28(34-26)15-12-17(30)23-20-11-14-10-16(29)8-9-19(14)32(20)25(33-21(23)13-15)24-31-18-6-5-7-22(18)36-24/h8-13,25H,5-7H2,1-4H3. The number of fused-ring (bicyclic) bond motifs is 6. The van der Waals surface area contributed by atoms with Crippen LogP contribution in [0.5, 0.6) is 5.75 Å². The average Bonchev–Trinajstić information content (AvgIpc) is 3.53. The third-order valence-corrected chi connectivity index (χ3v) is 9.38. The molecule has 1 atom stereocenters. The Morgan fingerprint density at radius 1 is 1.08 bits per heavy atom. The third kappa shape index (κ3) is 3.24. The maximum Gasteiger partial charge on any atom is 0.495 e. The van der Waals surface area contributed by atoms with Crippen LogP contribution in [0.15, 0.2) is 36.4 Å². The largest absolute Gasteiger partial charge is 0.495 e. The highest BCUT2D eigenvalue weighted by Gasteiger charge is 2.52. The molecule has 4 heterocycles. The van der Waals surface area contributed by atoms with E-state index in [1.54, 1.807) is 11.3 Å². The number of ether oxygens (including phenoxy) is 1. The summed E-state index contributed by atoms with van der Waals surface area (Å²) in [6.07, 6.45) is 2.67. The van der Waals surface area contributed by atoms with Crippen LogP contribution in [0.2, 0.25) is 5.02 Å². The Kier molecular flexibility index (Phi) is 4.79. The molecule has 9 heteroatoms. The van der Waals surface area contributed by atoms with Gasteiger partial charge in [-0.3, -0.25) is 4.57 Å². The van der Waals surface area contributed by atoms with E-state index in [9.17, 15) is 0 Å². The first-order valence-electron chi connectivity index (χ1n) is 12.3. The quantitative estimate of drug-likeness (QED) is 0.291. The Labute approximate surface area is 218 Å². The van der Waals surface area contributed by atoms with E-state index in [2.05, 4.69) is 0 Å². The van der Waals surface area contributed by atoms with Crippen molar-refractivity contribution in [1.29, 1.82) is 0 Å². The summed E-state index contributed by atoms with van der Waals surface area (Å²) in [7, 11) is -0.688. The van der Waals surface area contributed by atoms with Gasteiger partial charge in [-0.2, -0.15) is 0 Å². The fraction of sp³-hybridized carbons (Fsp3) is 0.370. The van der Waals surface area contributed by atoms with E-state index in [4.69, 9.17) is 30.6 Å². The molecule has 1 aliphatic carbocycles. The molecule has 4 aromatic rings. The van der Waals surface area contributed by atoms with Crippen molar-refractivity contribution in [3.05, 3.63) is 62.8 Å². The Hall–Kier alpha value is -2.39. The number of hydrogen-bond acceptors (Lipinski definition) is 5. The molecule has 0 N–H and O–H groups in total. The number of benzene rings is 2. The molecule has 7 rings (SSSR count). The summed E-state index contributed by atoms with van der Waals surface area (Å²) >= 11 is 7.99. The highest BCUT2D eigenvalue weighted by Crippen LogP contribution is 2.47. The summed E-state index contributed by atoms with van der Waals surface area (Å²) in [6, 6.07) is 11.0. The van der Waals surface area contributed by atoms with Crippen LogP contribution in [0.3, 0.4) is 0 Å². The zero-order valence-corrected chi connectivity index (χ0v) is 22.1. The zero-order valence-electron chi connectivity index (χ0n) is 20.5. The van der Waals surface area contributed by atoms with Gasteiger partial charge in [0.15, 0.2) is 5.01 Å². The first-order valence-corrected chi connectivity index (χ1v) is 13.5. The highest BCUT2D eigenvalue weighted by molar-refractivity contribution is 7.11. The van der Waals surface area contributed by atoms with Crippen molar-refractivity contribution in [2.75, 3.05) is 0 Å². The smallest absolute Gasteiger partial charge is 0.463 e. The fourth-order valence-electron chi connectivity index (χ4n) is 5.36. The van der Waals surface area contributed by atoms with E-state index in [1.807, 2.05) is 62.6 Å². The molecule has 2 aromatic heterocycles. The molecule has 0 spiro atoms. The zero-order chi connectivity index (χ0) is 25.0. The Morgan fingerprint density at radius 2 is 1.86 bits per heavy atom. The SMILES string of the molecule is CC1(C)OB(c2cc(F)c3c(c2)OC(c2nc4c(s2)CCC4)n2c-3cc3cc(Cl)ccc32)OC1(C)C. The third-order valence-electron chi connectivity index (χ3n) is 7.96. The summed E-state index contributed by atoms with van der Waals surface area (Å²) in [4.78, 5) is 6.27. The van der Waals surface area contributed by atoms with Crippen LogP contribution in [-0.4, -0.2) is 27.9 Å². The van der Waals surface area contributed by atoms with E-state index in [0.29, 0.717) is 21.8 Å². The molecule has 1 fully saturated rings. The molecule has 184 valence electrons. The summed E-state index contributed by atoms with van der Waals surface area (Å²) < 4.78 is 36.9. The van der Waals surface area contributed by atoms with E-state index in [0.717, 1.165) is 46.6 Å². The number of hydrogen-bond donors (Lipinski definition) is 0. The minimum Gasteiger partial charge on any atom is -0.463 e. The van der Waals surface area contributed by atoms with Crippen molar-refractivity contribution >= 4 is 46.4 Å². The van der Waals surface area contributed by atoms with Crippen molar-refractivity contribution < 1.29 is 18.4 Å². The van der Waals surface area contributed by atoms with E-state index < -0.39 is 24.5 Å². The predicted molar refractivity (Wildman–Crippen MR) is 141 cm³/mol. The van der Waals surface area contributed by atoms with Crippen molar-refractivity contribution in [1.82, 2.24) is 9.55 Å².